The Labute approximate surface area is 112 Å². The highest BCUT2D eigenvalue weighted by Crippen LogP contribution is 2.30. The van der Waals surface area contributed by atoms with Crippen LogP contribution >= 0.6 is 11.8 Å². The van der Waals surface area contributed by atoms with Crippen molar-refractivity contribution < 1.29 is 22.7 Å². The molecule has 7 heteroatoms. The quantitative estimate of drug-likeness (QED) is 0.838. The zero-order valence-electron chi connectivity index (χ0n) is 10.1. The molecule has 0 saturated carbocycles. The van der Waals surface area contributed by atoms with Gasteiger partial charge in [0.1, 0.15) is 5.75 Å². The number of rotatable bonds is 2. The van der Waals surface area contributed by atoms with Crippen LogP contribution in [0.15, 0.2) is 24.3 Å². The van der Waals surface area contributed by atoms with Crippen molar-refractivity contribution >= 4 is 17.7 Å². The highest BCUT2D eigenvalue weighted by molar-refractivity contribution is 8.00. The largest absolute Gasteiger partial charge is 0.573 e. The van der Waals surface area contributed by atoms with Gasteiger partial charge >= 0.3 is 6.36 Å². The lowest BCUT2D eigenvalue weighted by Gasteiger charge is -2.22. The average molecular weight is 291 g/mol. The molecule has 1 saturated heterocycles. The summed E-state index contributed by atoms with van der Waals surface area (Å²) in [6, 6.07) is 5.41. The Balaban J connectivity index is 2.26. The van der Waals surface area contributed by atoms with E-state index in [1.54, 1.807) is 16.7 Å². The van der Waals surface area contributed by atoms with E-state index < -0.39 is 18.0 Å². The fourth-order valence-electron chi connectivity index (χ4n) is 1.87. The monoisotopic (exact) mass is 291 g/mol. The third-order valence-corrected chi connectivity index (χ3v) is 3.89. The number of benzene rings is 1. The second-order valence-corrected chi connectivity index (χ2v) is 5.44. The third-order valence-electron chi connectivity index (χ3n) is 2.73. The second kappa shape index (κ2) is 5.32. The number of para-hydroxylation sites is 1. The summed E-state index contributed by atoms with van der Waals surface area (Å²) in [5.74, 6) is -0.101. The number of thioether (sulfide) groups is 1. The first-order valence-corrected chi connectivity index (χ1v) is 6.71. The fraction of sp³-hybridized carbons (Fsp3) is 0.417. The number of halogens is 3. The molecule has 1 unspecified atom stereocenters. The van der Waals surface area contributed by atoms with E-state index >= 15 is 0 Å². The zero-order chi connectivity index (χ0) is 14.0. The van der Waals surface area contributed by atoms with Crippen molar-refractivity contribution in [3.8, 4) is 5.75 Å². The Kier molecular flexibility index (Phi) is 3.93. The van der Waals surface area contributed by atoms with Crippen LogP contribution in [-0.2, 0) is 0 Å². The molecule has 1 aliphatic rings. The van der Waals surface area contributed by atoms with Crippen LogP contribution < -0.4 is 4.74 Å². The van der Waals surface area contributed by atoms with Gasteiger partial charge in [0.25, 0.3) is 5.91 Å². The summed E-state index contributed by atoms with van der Waals surface area (Å²) in [6.45, 7) is 2.38. The molecule has 1 fully saturated rings. The predicted octanol–water partition coefficient (Wildman–Crippen LogP) is 3.12. The molecule has 0 bridgehead atoms. The number of hydrogen-bond donors (Lipinski definition) is 0. The van der Waals surface area contributed by atoms with E-state index in [-0.39, 0.29) is 10.9 Å². The van der Waals surface area contributed by atoms with E-state index in [1.165, 1.54) is 18.2 Å². The van der Waals surface area contributed by atoms with Crippen molar-refractivity contribution in [3.05, 3.63) is 29.8 Å². The Morgan fingerprint density at radius 2 is 2.11 bits per heavy atom. The maximum atomic E-state index is 12.3. The maximum Gasteiger partial charge on any atom is 0.573 e. The highest BCUT2D eigenvalue weighted by atomic mass is 32.2. The molecule has 0 aromatic heterocycles. The van der Waals surface area contributed by atoms with Crippen molar-refractivity contribution in [2.75, 3.05) is 12.3 Å². The number of nitrogens with zero attached hydrogens (tertiary/aromatic N) is 1. The van der Waals surface area contributed by atoms with Crippen LogP contribution in [0.5, 0.6) is 5.75 Å². The number of carbonyl (C=O) groups is 1. The van der Waals surface area contributed by atoms with Gasteiger partial charge in [-0.1, -0.05) is 12.1 Å². The lowest BCUT2D eigenvalue weighted by Crippen LogP contribution is -2.33. The van der Waals surface area contributed by atoms with Gasteiger partial charge in [-0.05, 0) is 19.1 Å². The van der Waals surface area contributed by atoms with Crippen LogP contribution in [0.4, 0.5) is 13.2 Å². The minimum atomic E-state index is -4.80. The minimum Gasteiger partial charge on any atom is -0.405 e. The van der Waals surface area contributed by atoms with E-state index in [0.29, 0.717) is 6.54 Å². The van der Waals surface area contributed by atoms with E-state index in [2.05, 4.69) is 4.74 Å². The number of amides is 1. The van der Waals surface area contributed by atoms with Crippen LogP contribution in [-0.4, -0.2) is 34.8 Å². The van der Waals surface area contributed by atoms with Gasteiger partial charge in [-0.25, -0.2) is 0 Å². The van der Waals surface area contributed by atoms with Gasteiger partial charge in [0.15, 0.2) is 0 Å². The standard InChI is InChI=1S/C12H12F3NO2S/c1-8-16(6-7-19-8)11(17)9-4-2-3-5-10(9)18-12(13,14)15/h2-5,8H,6-7H2,1H3. The molecular weight excluding hydrogens is 279 g/mol. The van der Waals surface area contributed by atoms with Gasteiger partial charge in [-0.3, -0.25) is 4.79 Å². The molecule has 3 nitrogen and oxygen atoms in total. The first-order chi connectivity index (χ1) is 8.88. The Hall–Kier alpha value is -1.37. The first-order valence-electron chi connectivity index (χ1n) is 5.66. The summed E-state index contributed by atoms with van der Waals surface area (Å²) in [5.41, 5.74) is -0.0609. The molecule has 0 spiro atoms. The Morgan fingerprint density at radius 1 is 1.42 bits per heavy atom. The van der Waals surface area contributed by atoms with Gasteiger partial charge in [-0.15, -0.1) is 24.9 Å². The van der Waals surface area contributed by atoms with Gasteiger partial charge in [0, 0.05) is 12.3 Å². The van der Waals surface area contributed by atoms with Crippen molar-refractivity contribution in [1.29, 1.82) is 0 Å². The van der Waals surface area contributed by atoms with E-state index in [9.17, 15) is 18.0 Å². The number of ether oxygens (including phenoxy) is 1. The van der Waals surface area contributed by atoms with Gasteiger partial charge in [0.05, 0.1) is 10.9 Å². The van der Waals surface area contributed by atoms with E-state index in [4.69, 9.17) is 0 Å². The van der Waals surface area contributed by atoms with E-state index in [1.807, 2.05) is 6.92 Å². The molecule has 0 aliphatic carbocycles. The van der Waals surface area contributed by atoms with Crippen molar-refractivity contribution in [3.63, 3.8) is 0 Å². The lowest BCUT2D eigenvalue weighted by molar-refractivity contribution is -0.274. The summed E-state index contributed by atoms with van der Waals surface area (Å²) in [6.07, 6.45) is -4.80. The van der Waals surface area contributed by atoms with Crippen molar-refractivity contribution in [2.45, 2.75) is 18.7 Å². The molecular formula is C12H12F3NO2S. The van der Waals surface area contributed by atoms with Crippen LogP contribution in [0.25, 0.3) is 0 Å². The van der Waals surface area contributed by atoms with Gasteiger partial charge < -0.3 is 9.64 Å². The fourth-order valence-corrected chi connectivity index (χ4v) is 2.90. The Morgan fingerprint density at radius 3 is 2.68 bits per heavy atom. The maximum absolute atomic E-state index is 12.3. The summed E-state index contributed by atoms with van der Waals surface area (Å²) in [4.78, 5) is 13.8. The van der Waals surface area contributed by atoms with Crippen LogP contribution in [0, 0.1) is 0 Å². The van der Waals surface area contributed by atoms with Gasteiger partial charge in [-0.2, -0.15) is 0 Å². The molecule has 1 aromatic rings. The number of hydrogen-bond acceptors (Lipinski definition) is 3. The lowest BCUT2D eigenvalue weighted by atomic mass is 10.1. The first kappa shape index (κ1) is 14.0. The summed E-state index contributed by atoms with van der Waals surface area (Å²) in [5, 5.41) is -0.0357. The molecule has 1 aliphatic heterocycles. The predicted molar refractivity (Wildman–Crippen MR) is 66.1 cm³/mol. The molecule has 1 aromatic carbocycles. The molecule has 2 rings (SSSR count). The summed E-state index contributed by atoms with van der Waals surface area (Å²) >= 11 is 1.59. The third kappa shape index (κ3) is 3.34. The highest BCUT2D eigenvalue weighted by Gasteiger charge is 2.34. The number of alkyl halides is 3. The SMILES string of the molecule is CC1SCCN1C(=O)c1ccccc1OC(F)(F)F. The smallest absolute Gasteiger partial charge is 0.405 e. The molecule has 104 valence electrons. The second-order valence-electron chi connectivity index (χ2n) is 4.01. The minimum absolute atomic E-state index is 0.0357. The van der Waals surface area contributed by atoms with Crippen LogP contribution in [0.1, 0.15) is 17.3 Å². The molecule has 19 heavy (non-hydrogen) atoms. The Bertz CT molecular complexity index is 478. The van der Waals surface area contributed by atoms with E-state index in [0.717, 1.165) is 11.8 Å². The molecule has 0 radical (unpaired) electrons. The van der Waals surface area contributed by atoms with Crippen LogP contribution in [0.3, 0.4) is 0 Å². The van der Waals surface area contributed by atoms with Crippen molar-refractivity contribution in [1.82, 2.24) is 4.90 Å². The summed E-state index contributed by atoms with van der Waals surface area (Å²) < 4.78 is 40.8. The van der Waals surface area contributed by atoms with Crippen molar-refractivity contribution in [2.24, 2.45) is 0 Å². The topological polar surface area (TPSA) is 29.5 Å². The molecule has 1 atom stereocenters. The summed E-state index contributed by atoms with van der Waals surface area (Å²) in [7, 11) is 0. The van der Waals surface area contributed by atoms with Gasteiger partial charge in [0.2, 0.25) is 0 Å². The average Bonchev–Trinajstić information content (AvgIpc) is 2.73. The van der Waals surface area contributed by atoms with Crippen LogP contribution in [0.2, 0.25) is 0 Å². The normalized spacial score (nSPS) is 19.6. The molecule has 1 heterocycles. The molecule has 0 N–H and O–H groups in total. The molecule has 1 amide bonds. The number of carbonyl (C=O) groups excluding carboxylic acids is 1. The zero-order valence-corrected chi connectivity index (χ0v) is 10.9.